The Labute approximate surface area is 94.1 Å². The van der Waals surface area contributed by atoms with Crippen LogP contribution in [0, 0.1) is 0 Å². The van der Waals surface area contributed by atoms with Gasteiger partial charge in [0.2, 0.25) is 6.41 Å². The lowest BCUT2D eigenvalue weighted by Gasteiger charge is -2.00. The van der Waals surface area contributed by atoms with E-state index < -0.39 is 0 Å². The summed E-state index contributed by atoms with van der Waals surface area (Å²) in [5.41, 5.74) is 0. The Hall–Kier alpha value is -0.820. The van der Waals surface area contributed by atoms with E-state index >= 15 is 0 Å². The van der Waals surface area contributed by atoms with Crippen LogP contribution in [0.3, 0.4) is 0 Å². The normalized spacial score (nSPS) is 11.5. The van der Waals surface area contributed by atoms with Crippen molar-refractivity contribution in [3.05, 3.63) is 10.7 Å². The van der Waals surface area contributed by atoms with Gasteiger partial charge in [-0.05, 0) is 22.2 Å². The minimum atomic E-state index is 0.491. The van der Waals surface area contributed by atoms with E-state index in [-0.39, 0.29) is 0 Å². The summed E-state index contributed by atoms with van der Waals surface area (Å²) in [5, 5.41) is 7.50. The van der Waals surface area contributed by atoms with Crippen molar-refractivity contribution in [2.45, 2.75) is 0 Å². The van der Waals surface area contributed by atoms with Gasteiger partial charge in [0, 0.05) is 13.1 Å². The molecule has 0 aliphatic carbocycles. The molecule has 0 atom stereocenters. The number of hydrogen-bond donors (Lipinski definition) is 1. The van der Waals surface area contributed by atoms with Crippen molar-refractivity contribution in [3.63, 3.8) is 0 Å². The predicted octanol–water partition coefficient (Wildman–Crippen LogP) is 1.25. The van der Waals surface area contributed by atoms with Gasteiger partial charge in [0.25, 0.3) is 0 Å². The highest BCUT2D eigenvalue weighted by Gasteiger charge is 2.04. The molecule has 1 N–H and O–H groups in total. The number of thioether (sulfide) groups is 1. The highest BCUT2D eigenvalue weighted by atomic mass is 79.9. The van der Waals surface area contributed by atoms with Crippen LogP contribution in [0.25, 0.3) is 0 Å². The number of carbonyl (C=O) groups is 1. The zero-order chi connectivity index (χ0) is 10.6. The highest BCUT2D eigenvalue weighted by Crippen LogP contribution is 2.18. The molecule has 0 fully saturated rings. The summed E-state index contributed by atoms with van der Waals surface area (Å²) in [6.45, 7) is 0. The van der Waals surface area contributed by atoms with Crippen LogP contribution in [0.2, 0.25) is 0 Å². The lowest BCUT2D eigenvalue weighted by Crippen LogP contribution is -2.13. The first-order valence-corrected chi connectivity index (χ1v) is 5.73. The Morgan fingerprint density at radius 2 is 2.57 bits per heavy atom. The van der Waals surface area contributed by atoms with E-state index in [9.17, 15) is 4.79 Å². The SMILES string of the molecule is CN/C(=N\c1cc(Br)nn1C=O)SC. The number of aromatic nitrogens is 2. The molecule has 5 nitrogen and oxygen atoms in total. The monoisotopic (exact) mass is 276 g/mol. The number of halogens is 1. The lowest BCUT2D eigenvalue weighted by molar-refractivity contribution is 0.541. The molecule has 0 aliphatic rings. The van der Waals surface area contributed by atoms with Gasteiger partial charge in [0.1, 0.15) is 4.60 Å². The molecule has 1 aromatic rings. The maximum atomic E-state index is 10.6. The maximum absolute atomic E-state index is 10.6. The molecule has 0 aromatic carbocycles. The van der Waals surface area contributed by atoms with Crippen LogP contribution >= 0.6 is 27.7 Å². The third kappa shape index (κ3) is 2.58. The molecule has 0 bridgehead atoms. The molecule has 0 saturated carbocycles. The summed E-state index contributed by atoms with van der Waals surface area (Å²) in [6.07, 6.45) is 2.50. The van der Waals surface area contributed by atoms with Gasteiger partial charge < -0.3 is 5.32 Å². The molecule has 1 rings (SSSR count). The summed E-state index contributed by atoms with van der Waals surface area (Å²) < 4.78 is 1.75. The van der Waals surface area contributed by atoms with E-state index in [1.54, 1.807) is 13.1 Å². The number of nitrogens with one attached hydrogen (secondary N) is 1. The number of hydrogen-bond acceptors (Lipinski definition) is 4. The maximum Gasteiger partial charge on any atom is 0.236 e. The van der Waals surface area contributed by atoms with Crippen molar-refractivity contribution >= 4 is 45.1 Å². The van der Waals surface area contributed by atoms with E-state index in [1.807, 2.05) is 6.26 Å². The highest BCUT2D eigenvalue weighted by molar-refractivity contribution is 9.10. The van der Waals surface area contributed by atoms with Gasteiger partial charge in [-0.3, -0.25) is 4.79 Å². The Morgan fingerprint density at radius 1 is 1.86 bits per heavy atom. The smallest absolute Gasteiger partial charge is 0.236 e. The molecule has 0 unspecified atom stereocenters. The number of rotatable bonds is 2. The first kappa shape index (κ1) is 11.3. The van der Waals surface area contributed by atoms with Crippen molar-refractivity contribution in [3.8, 4) is 0 Å². The summed E-state index contributed by atoms with van der Waals surface area (Å²) >= 11 is 4.63. The summed E-state index contributed by atoms with van der Waals surface area (Å²) in [7, 11) is 1.77. The van der Waals surface area contributed by atoms with Gasteiger partial charge in [-0.1, -0.05) is 11.8 Å². The molecule has 0 amide bonds. The predicted molar refractivity (Wildman–Crippen MR) is 61.7 cm³/mol. The molecular formula is C7H9BrN4OS. The standard InChI is InChI=1S/C7H9BrN4OS/c1-9-7(14-2)10-6-3-5(8)11-12(6)4-13/h3-4H,1-2H3,(H,9,10). The van der Waals surface area contributed by atoms with Gasteiger partial charge in [-0.25, -0.2) is 4.99 Å². The molecule has 0 radical (unpaired) electrons. The average molecular weight is 277 g/mol. The van der Waals surface area contributed by atoms with Crippen LogP contribution in [0.5, 0.6) is 0 Å². The number of carbonyl (C=O) groups excluding carboxylic acids is 1. The van der Waals surface area contributed by atoms with Crippen molar-refractivity contribution in [1.82, 2.24) is 15.1 Å². The first-order valence-electron chi connectivity index (χ1n) is 3.72. The quantitative estimate of drug-likeness (QED) is 0.502. The Kier molecular flexibility index (Phi) is 4.15. The van der Waals surface area contributed by atoms with Gasteiger partial charge >= 0.3 is 0 Å². The number of aliphatic imine (C=N–C) groups is 1. The van der Waals surface area contributed by atoms with Crippen molar-refractivity contribution < 1.29 is 4.79 Å². The van der Waals surface area contributed by atoms with Crippen LogP contribution in [-0.4, -0.2) is 34.7 Å². The van der Waals surface area contributed by atoms with Crippen LogP contribution in [-0.2, 0) is 4.79 Å². The van der Waals surface area contributed by atoms with Crippen molar-refractivity contribution in [2.75, 3.05) is 13.3 Å². The van der Waals surface area contributed by atoms with Crippen LogP contribution < -0.4 is 5.32 Å². The second-order valence-electron chi connectivity index (χ2n) is 2.25. The molecule has 1 aromatic heterocycles. The Balaban J connectivity index is 3.05. The van der Waals surface area contributed by atoms with Gasteiger partial charge in [0.05, 0.1) is 0 Å². The van der Waals surface area contributed by atoms with Crippen LogP contribution in [0.4, 0.5) is 5.82 Å². The molecule has 7 heteroatoms. The fraction of sp³-hybridized carbons (Fsp3) is 0.286. The largest absolute Gasteiger partial charge is 0.368 e. The van der Waals surface area contributed by atoms with E-state index in [0.29, 0.717) is 16.8 Å². The van der Waals surface area contributed by atoms with Gasteiger partial charge in [-0.15, -0.1) is 0 Å². The third-order valence-corrected chi connectivity index (χ3v) is 2.48. The molecule has 0 spiro atoms. The molecule has 14 heavy (non-hydrogen) atoms. The third-order valence-electron chi connectivity index (χ3n) is 1.41. The summed E-state index contributed by atoms with van der Waals surface area (Å²) in [5.74, 6) is 0.491. The van der Waals surface area contributed by atoms with Crippen molar-refractivity contribution in [1.29, 1.82) is 0 Å². The van der Waals surface area contributed by atoms with E-state index in [0.717, 1.165) is 9.85 Å². The number of nitrogens with zero attached hydrogens (tertiary/aromatic N) is 3. The molecular weight excluding hydrogens is 268 g/mol. The molecule has 0 aliphatic heterocycles. The zero-order valence-corrected chi connectivity index (χ0v) is 10.1. The topological polar surface area (TPSA) is 59.3 Å². The van der Waals surface area contributed by atoms with E-state index in [2.05, 4.69) is 31.3 Å². The molecule has 76 valence electrons. The van der Waals surface area contributed by atoms with Crippen LogP contribution in [0.15, 0.2) is 15.7 Å². The fourth-order valence-corrected chi connectivity index (χ4v) is 1.59. The van der Waals surface area contributed by atoms with Gasteiger partial charge in [0.15, 0.2) is 11.0 Å². The first-order chi connectivity index (χ1) is 6.71. The summed E-state index contributed by atoms with van der Waals surface area (Å²) in [6, 6.07) is 1.67. The van der Waals surface area contributed by atoms with E-state index in [1.165, 1.54) is 11.8 Å². The lowest BCUT2D eigenvalue weighted by atomic mass is 10.6. The Morgan fingerprint density at radius 3 is 3.07 bits per heavy atom. The average Bonchev–Trinajstić information content (AvgIpc) is 2.55. The van der Waals surface area contributed by atoms with E-state index in [4.69, 9.17) is 0 Å². The fourth-order valence-electron chi connectivity index (χ4n) is 0.824. The Bertz CT molecular complexity index is 357. The zero-order valence-electron chi connectivity index (χ0n) is 7.69. The summed E-state index contributed by atoms with van der Waals surface area (Å²) in [4.78, 5) is 14.8. The second-order valence-corrected chi connectivity index (χ2v) is 3.85. The second kappa shape index (κ2) is 5.16. The minimum absolute atomic E-state index is 0.491. The minimum Gasteiger partial charge on any atom is -0.368 e. The van der Waals surface area contributed by atoms with Gasteiger partial charge in [-0.2, -0.15) is 9.78 Å². The number of amidine groups is 1. The molecule has 0 saturated heterocycles. The van der Waals surface area contributed by atoms with Crippen LogP contribution in [0.1, 0.15) is 0 Å². The molecule has 1 heterocycles. The van der Waals surface area contributed by atoms with Crippen molar-refractivity contribution in [2.24, 2.45) is 4.99 Å².